The minimum Gasteiger partial charge on any atom is -0.391 e. The highest BCUT2D eigenvalue weighted by molar-refractivity contribution is 7.99. The number of aromatic amines is 1. The van der Waals surface area contributed by atoms with E-state index in [1.54, 1.807) is 45.9 Å². The van der Waals surface area contributed by atoms with Gasteiger partial charge in [0, 0.05) is 80.4 Å². The Morgan fingerprint density at radius 2 is 1.44 bits per heavy atom. The standard InChI is InChI=1S/C49H64N10O13S/c1-5-24(3)42-46(70)52-20-38(64)53-34-23-73-48-31(30-15-26(9-10-32(30)55-48)14-28(60)8-7-13-58-40(66)11-12-41(58)67)19-33(44(68)51-21-39(65)56-42)54-47(71)43(25(4)6-2)57-45(69)35-18-29(61)22-59(35)49(72)27(16-36(34)62)17-37(50)63/h9-12,15,24-25,27,29,33-35,42-43,55,61H,5-8,13-14,16-23H2,1-4H3,(H2,50,63)(H,51,68)(H,52,70)(H,53,64)(H,54,71)(H,56,65)(H,57,69)/t24-,25?,27-,29+,33-,34-,35-,42-,43-/m0/s1. The van der Waals surface area contributed by atoms with Crippen molar-refractivity contribution in [2.75, 3.05) is 31.9 Å². The van der Waals surface area contributed by atoms with Crippen molar-refractivity contribution in [3.8, 4) is 0 Å². The van der Waals surface area contributed by atoms with Crippen LogP contribution in [-0.4, -0.2) is 159 Å². The van der Waals surface area contributed by atoms with E-state index in [9.17, 15) is 62.6 Å². The minimum atomic E-state index is -1.48. The molecule has 0 saturated carbocycles. The fraction of sp³-hybridized carbons (Fsp3) is 0.551. The van der Waals surface area contributed by atoms with Gasteiger partial charge in [0.2, 0.25) is 47.3 Å². The van der Waals surface area contributed by atoms with E-state index in [-0.39, 0.29) is 56.7 Å². The van der Waals surface area contributed by atoms with Gasteiger partial charge in [-0.3, -0.25) is 62.4 Å². The highest BCUT2D eigenvalue weighted by atomic mass is 32.2. The molecule has 4 aliphatic rings. The highest BCUT2D eigenvalue weighted by Crippen LogP contribution is 2.34. The zero-order valence-electron chi connectivity index (χ0n) is 41.2. The van der Waals surface area contributed by atoms with Crippen LogP contribution in [0.5, 0.6) is 0 Å². The van der Waals surface area contributed by atoms with Crippen LogP contribution < -0.4 is 37.6 Å². The van der Waals surface area contributed by atoms with Crippen LogP contribution in [0.1, 0.15) is 83.8 Å². The van der Waals surface area contributed by atoms with E-state index in [0.717, 1.165) is 33.7 Å². The number of primary amides is 1. The molecular weight excluding hydrogens is 969 g/mol. The largest absolute Gasteiger partial charge is 0.391 e. The monoisotopic (exact) mass is 1030 g/mol. The Morgan fingerprint density at radius 1 is 0.795 bits per heavy atom. The first kappa shape index (κ1) is 55.4. The number of nitrogens with one attached hydrogen (secondary N) is 7. The summed E-state index contributed by atoms with van der Waals surface area (Å²) in [6.45, 7) is 5.33. The molecule has 73 heavy (non-hydrogen) atoms. The second-order valence-corrected chi connectivity index (χ2v) is 20.2. The van der Waals surface area contributed by atoms with Crippen molar-refractivity contribution in [1.29, 1.82) is 0 Å². The fourth-order valence-corrected chi connectivity index (χ4v) is 10.4. The zero-order valence-corrected chi connectivity index (χ0v) is 42.0. The van der Waals surface area contributed by atoms with Gasteiger partial charge in [-0.2, -0.15) is 0 Å². The van der Waals surface area contributed by atoms with Gasteiger partial charge in [-0.05, 0) is 41.5 Å². The first-order valence-corrected chi connectivity index (χ1v) is 25.5. The van der Waals surface area contributed by atoms with Crippen LogP contribution in [-0.2, 0) is 70.4 Å². The molecular formula is C49H64N10O13S. The van der Waals surface area contributed by atoms with Crippen molar-refractivity contribution in [2.24, 2.45) is 23.5 Å². The van der Waals surface area contributed by atoms with E-state index in [0.29, 0.717) is 39.9 Å². The average molecular weight is 1030 g/mol. The molecule has 1 saturated heterocycles. The van der Waals surface area contributed by atoms with E-state index >= 15 is 0 Å². The molecule has 9 atom stereocenters. The number of Topliss-reactive ketones (excluding diaryl/α,β-unsaturated/α-hetero) is 2. The summed E-state index contributed by atoms with van der Waals surface area (Å²) < 4.78 is 0. The molecule has 5 heterocycles. The van der Waals surface area contributed by atoms with Gasteiger partial charge in [-0.25, -0.2) is 0 Å². The summed E-state index contributed by atoms with van der Waals surface area (Å²) in [4.78, 5) is 168. The molecule has 394 valence electrons. The highest BCUT2D eigenvalue weighted by Gasteiger charge is 2.44. The van der Waals surface area contributed by atoms with Crippen LogP contribution in [0, 0.1) is 17.8 Å². The number of rotatable bonds is 12. The van der Waals surface area contributed by atoms with E-state index in [1.165, 1.54) is 0 Å². The van der Waals surface area contributed by atoms with Crippen LogP contribution in [0.2, 0.25) is 0 Å². The molecule has 0 radical (unpaired) electrons. The number of carbonyl (C=O) groups is 12. The molecule has 1 unspecified atom stereocenters. The summed E-state index contributed by atoms with van der Waals surface area (Å²) in [6.07, 6.45) is 0.220. The number of benzene rings is 1. The Bertz CT molecular complexity index is 2560. The fourth-order valence-electron chi connectivity index (χ4n) is 9.27. The number of nitrogens with zero attached hydrogens (tertiary/aromatic N) is 2. The number of thioether (sulfide) groups is 1. The van der Waals surface area contributed by atoms with Gasteiger partial charge in [0.05, 0.1) is 36.2 Å². The number of H-pyrrole nitrogens is 1. The van der Waals surface area contributed by atoms with Gasteiger partial charge in [0.1, 0.15) is 30.0 Å². The molecule has 1 aromatic heterocycles. The Balaban J connectivity index is 1.46. The van der Waals surface area contributed by atoms with Crippen molar-refractivity contribution in [2.45, 2.75) is 127 Å². The molecule has 4 aliphatic heterocycles. The maximum absolute atomic E-state index is 14.6. The minimum absolute atomic E-state index is 0.0418. The molecule has 2 aromatic rings. The lowest BCUT2D eigenvalue weighted by Gasteiger charge is -2.31. The summed E-state index contributed by atoms with van der Waals surface area (Å²) in [6, 6.07) is -1.66. The SMILES string of the molecule is CCC(C)[C@@H]1NC(=O)[C@@H]2C[C@@H](O)CN2C(=O)[C@H](CC(N)=O)CC(=O)[C@@H]2CSc3[nH]c4ccc(CC(=O)CCCN5C(=O)C=CC5=O)cc4c3C[C@H](NC1=O)C(=O)NCC(=O)N[C@@H]([C@@H](C)CC)C(=O)NCC(=O)N2. The summed E-state index contributed by atoms with van der Waals surface area (Å²) in [7, 11) is 0. The van der Waals surface area contributed by atoms with Gasteiger partial charge in [-0.15, -0.1) is 11.8 Å². The third-order valence-electron chi connectivity index (χ3n) is 13.8. The van der Waals surface area contributed by atoms with Gasteiger partial charge < -0.3 is 52.6 Å². The number of aliphatic hydroxyl groups excluding tert-OH is 1. The van der Waals surface area contributed by atoms with Crippen LogP contribution in [0.25, 0.3) is 10.9 Å². The average Bonchev–Trinajstić information content (AvgIpc) is 4.02. The van der Waals surface area contributed by atoms with Crippen molar-refractivity contribution in [3.05, 3.63) is 41.5 Å². The third-order valence-corrected chi connectivity index (χ3v) is 14.9. The molecule has 2 bridgehead atoms. The molecule has 6 rings (SSSR count). The Kier molecular flexibility index (Phi) is 18.7. The Hall–Kier alpha value is -6.95. The Labute approximate surface area is 425 Å². The smallest absolute Gasteiger partial charge is 0.253 e. The van der Waals surface area contributed by atoms with Crippen molar-refractivity contribution >= 4 is 93.3 Å². The number of aliphatic hydroxyl groups is 1. The molecule has 1 aromatic carbocycles. The zero-order chi connectivity index (χ0) is 53.3. The van der Waals surface area contributed by atoms with Gasteiger partial charge in [-0.1, -0.05) is 46.6 Å². The maximum Gasteiger partial charge on any atom is 0.253 e. The third kappa shape index (κ3) is 14.0. The van der Waals surface area contributed by atoms with E-state index < -0.39 is 145 Å². The second-order valence-electron chi connectivity index (χ2n) is 19.2. The number of aromatic nitrogens is 1. The number of carbonyl (C=O) groups excluding carboxylic acids is 12. The number of fused-ring (bicyclic) bond motifs is 5. The lowest BCUT2D eigenvalue weighted by molar-refractivity contribution is -0.145. The summed E-state index contributed by atoms with van der Waals surface area (Å²) in [5, 5.41) is 27.5. The predicted molar refractivity (Wildman–Crippen MR) is 262 cm³/mol. The van der Waals surface area contributed by atoms with Gasteiger partial charge in [0.15, 0.2) is 5.78 Å². The predicted octanol–water partition coefficient (Wildman–Crippen LogP) is -1.68. The van der Waals surface area contributed by atoms with Gasteiger partial charge in [0.25, 0.3) is 11.8 Å². The molecule has 0 aliphatic carbocycles. The summed E-state index contributed by atoms with van der Waals surface area (Å²) >= 11 is 1.03. The van der Waals surface area contributed by atoms with Crippen LogP contribution in [0.15, 0.2) is 35.4 Å². The molecule has 10 N–H and O–H groups in total. The molecule has 10 amide bonds. The van der Waals surface area contributed by atoms with E-state index in [1.807, 2.05) is 0 Å². The van der Waals surface area contributed by atoms with Crippen LogP contribution >= 0.6 is 11.8 Å². The van der Waals surface area contributed by atoms with E-state index in [2.05, 4.69) is 36.9 Å². The molecule has 0 spiro atoms. The van der Waals surface area contributed by atoms with E-state index in [4.69, 9.17) is 5.73 Å². The van der Waals surface area contributed by atoms with Crippen molar-refractivity contribution in [3.63, 3.8) is 0 Å². The number of imide groups is 1. The number of hydrogen-bond acceptors (Lipinski definition) is 14. The number of nitrogens with two attached hydrogens (primary N) is 1. The van der Waals surface area contributed by atoms with Crippen LogP contribution in [0.4, 0.5) is 0 Å². The number of ketones is 2. The molecule has 1 fully saturated rings. The second kappa shape index (κ2) is 24.6. The first-order chi connectivity index (χ1) is 34.7. The summed E-state index contributed by atoms with van der Waals surface area (Å²) in [5.74, 6) is -11.2. The molecule has 24 heteroatoms. The lowest BCUT2D eigenvalue weighted by Crippen LogP contribution is -2.59. The quantitative estimate of drug-likeness (QED) is 0.107. The lowest BCUT2D eigenvalue weighted by atomic mass is 9.93. The topological polar surface area (TPSA) is 346 Å². The van der Waals surface area contributed by atoms with Crippen molar-refractivity contribution in [1.82, 2.24) is 46.7 Å². The summed E-state index contributed by atoms with van der Waals surface area (Å²) in [5.41, 5.74) is 7.06. The van der Waals surface area contributed by atoms with Crippen LogP contribution in [0.3, 0.4) is 0 Å². The molecule has 23 nitrogen and oxygen atoms in total. The first-order valence-electron chi connectivity index (χ1n) is 24.5. The van der Waals surface area contributed by atoms with Crippen molar-refractivity contribution < 1.29 is 62.6 Å². The Morgan fingerprint density at radius 3 is 2.10 bits per heavy atom. The number of amides is 10. The normalized spacial score (nSPS) is 26.0. The maximum atomic E-state index is 14.6. The number of hydrogen-bond donors (Lipinski definition) is 9. The van der Waals surface area contributed by atoms with Gasteiger partial charge >= 0.3 is 0 Å².